The Morgan fingerprint density at radius 1 is 1.19 bits per heavy atom. The van der Waals surface area contributed by atoms with Gasteiger partial charge in [0.15, 0.2) is 0 Å². The monoisotopic (exact) mass is 283 g/mol. The number of rotatable bonds is 5. The summed E-state index contributed by atoms with van der Waals surface area (Å²) in [6.07, 6.45) is 0. The number of para-hydroxylation sites is 1. The van der Waals surface area contributed by atoms with Crippen molar-refractivity contribution in [3.63, 3.8) is 0 Å². The summed E-state index contributed by atoms with van der Waals surface area (Å²) in [7, 11) is 0. The fourth-order valence-corrected chi connectivity index (χ4v) is 1.83. The average Bonchev–Trinajstić information content (AvgIpc) is 2.50. The molecule has 2 aromatic carbocycles. The van der Waals surface area contributed by atoms with Crippen LogP contribution in [-0.4, -0.2) is 12.5 Å². The Morgan fingerprint density at radius 3 is 2.76 bits per heavy atom. The van der Waals surface area contributed by atoms with Crippen LogP contribution in [0.3, 0.4) is 0 Å². The smallest absolute Gasteiger partial charge is 0.238 e. The molecule has 0 aliphatic rings. The van der Waals surface area contributed by atoms with Crippen molar-refractivity contribution in [2.24, 2.45) is 0 Å². The van der Waals surface area contributed by atoms with Crippen molar-refractivity contribution in [2.45, 2.75) is 6.54 Å². The van der Waals surface area contributed by atoms with Crippen LogP contribution in [0.25, 0.3) is 0 Å². The van der Waals surface area contributed by atoms with Crippen LogP contribution >= 0.6 is 0 Å². The van der Waals surface area contributed by atoms with Gasteiger partial charge in [-0.25, -0.2) is 4.39 Å². The lowest BCUT2D eigenvalue weighted by molar-refractivity contribution is -0.115. The number of benzene rings is 2. The number of carbonyl (C=O) groups is 1. The standard InChI is InChI=1S/C16H14FN3O/c17-14-6-1-2-7-15(14)20-16(21)11-19-10-13-5-3-4-12(8-13)9-18/h1-8,19H,10-11H2,(H,20,21). The molecule has 1 amide bonds. The van der Waals surface area contributed by atoms with Gasteiger partial charge in [0.05, 0.1) is 23.9 Å². The number of hydrogen-bond donors (Lipinski definition) is 2. The first-order valence-corrected chi connectivity index (χ1v) is 6.43. The summed E-state index contributed by atoms with van der Waals surface area (Å²) in [5, 5.41) is 14.2. The molecule has 21 heavy (non-hydrogen) atoms. The minimum absolute atomic E-state index is 0.0606. The van der Waals surface area contributed by atoms with E-state index in [1.165, 1.54) is 12.1 Å². The lowest BCUT2D eigenvalue weighted by Gasteiger charge is -2.07. The van der Waals surface area contributed by atoms with Crippen molar-refractivity contribution < 1.29 is 9.18 Å². The van der Waals surface area contributed by atoms with Gasteiger partial charge in [-0.05, 0) is 29.8 Å². The van der Waals surface area contributed by atoms with Gasteiger partial charge in [-0.2, -0.15) is 5.26 Å². The van der Waals surface area contributed by atoms with Crippen LogP contribution in [0.5, 0.6) is 0 Å². The van der Waals surface area contributed by atoms with Gasteiger partial charge in [-0.15, -0.1) is 0 Å². The molecule has 2 aromatic rings. The summed E-state index contributed by atoms with van der Waals surface area (Å²) < 4.78 is 13.4. The first-order valence-electron chi connectivity index (χ1n) is 6.43. The van der Waals surface area contributed by atoms with Crippen molar-refractivity contribution >= 4 is 11.6 Å². The Morgan fingerprint density at radius 2 is 2.00 bits per heavy atom. The number of carbonyl (C=O) groups excluding carboxylic acids is 1. The van der Waals surface area contributed by atoms with Gasteiger partial charge in [0.2, 0.25) is 5.91 Å². The van der Waals surface area contributed by atoms with Gasteiger partial charge >= 0.3 is 0 Å². The van der Waals surface area contributed by atoms with Crippen molar-refractivity contribution in [2.75, 3.05) is 11.9 Å². The molecular formula is C16H14FN3O. The predicted molar refractivity (Wildman–Crippen MR) is 77.9 cm³/mol. The molecule has 106 valence electrons. The van der Waals surface area contributed by atoms with E-state index in [0.717, 1.165) is 5.56 Å². The zero-order chi connectivity index (χ0) is 15.1. The minimum Gasteiger partial charge on any atom is -0.322 e. The topological polar surface area (TPSA) is 64.9 Å². The zero-order valence-corrected chi connectivity index (χ0v) is 11.3. The molecule has 0 atom stereocenters. The minimum atomic E-state index is -0.465. The Balaban J connectivity index is 1.82. The van der Waals surface area contributed by atoms with Gasteiger partial charge in [-0.1, -0.05) is 24.3 Å². The number of hydrogen-bond acceptors (Lipinski definition) is 3. The van der Waals surface area contributed by atoms with E-state index in [0.29, 0.717) is 12.1 Å². The number of anilines is 1. The molecule has 0 saturated heterocycles. The van der Waals surface area contributed by atoms with E-state index in [1.807, 2.05) is 6.07 Å². The highest BCUT2D eigenvalue weighted by molar-refractivity contribution is 5.92. The lowest BCUT2D eigenvalue weighted by Crippen LogP contribution is -2.28. The molecule has 0 spiro atoms. The number of amides is 1. The molecule has 0 unspecified atom stereocenters. The maximum Gasteiger partial charge on any atom is 0.238 e. The van der Waals surface area contributed by atoms with Crippen LogP contribution in [-0.2, 0) is 11.3 Å². The summed E-state index contributed by atoms with van der Waals surface area (Å²) in [5.74, 6) is -0.788. The highest BCUT2D eigenvalue weighted by Gasteiger charge is 2.05. The second-order valence-electron chi connectivity index (χ2n) is 4.44. The maximum absolute atomic E-state index is 13.4. The molecule has 0 saturated carbocycles. The largest absolute Gasteiger partial charge is 0.322 e. The number of nitrogens with one attached hydrogen (secondary N) is 2. The summed E-state index contributed by atoms with van der Waals surface area (Å²) in [4.78, 5) is 11.7. The average molecular weight is 283 g/mol. The van der Waals surface area contributed by atoms with Crippen LogP contribution < -0.4 is 10.6 Å². The third-order valence-corrected chi connectivity index (χ3v) is 2.82. The molecule has 0 bridgehead atoms. The molecule has 5 heteroatoms. The number of nitrogens with zero attached hydrogens (tertiary/aromatic N) is 1. The fraction of sp³-hybridized carbons (Fsp3) is 0.125. The number of halogens is 1. The molecular weight excluding hydrogens is 269 g/mol. The van der Waals surface area contributed by atoms with Crippen molar-refractivity contribution in [1.29, 1.82) is 5.26 Å². The first kappa shape index (κ1) is 14.7. The Bertz CT molecular complexity index is 679. The molecule has 0 aliphatic heterocycles. The number of nitriles is 1. The second kappa shape index (κ2) is 7.17. The summed E-state index contributed by atoms with van der Waals surface area (Å²) in [5.41, 5.74) is 1.65. The van der Waals surface area contributed by atoms with E-state index in [1.54, 1.807) is 30.3 Å². The van der Waals surface area contributed by atoms with Gasteiger partial charge in [0.25, 0.3) is 0 Å². The Kier molecular flexibility index (Phi) is 5.02. The molecule has 0 aliphatic carbocycles. The third kappa shape index (κ3) is 4.41. The van der Waals surface area contributed by atoms with Crippen molar-refractivity contribution in [1.82, 2.24) is 5.32 Å². The van der Waals surface area contributed by atoms with Crippen molar-refractivity contribution in [3.05, 3.63) is 65.5 Å². The zero-order valence-electron chi connectivity index (χ0n) is 11.3. The van der Waals surface area contributed by atoms with Crippen LogP contribution in [0.15, 0.2) is 48.5 Å². The van der Waals surface area contributed by atoms with E-state index in [4.69, 9.17) is 5.26 Å². The molecule has 2 rings (SSSR count). The van der Waals surface area contributed by atoms with Gasteiger partial charge in [-0.3, -0.25) is 4.79 Å². The Hall–Kier alpha value is -2.71. The fourth-order valence-electron chi connectivity index (χ4n) is 1.83. The van der Waals surface area contributed by atoms with Gasteiger partial charge < -0.3 is 10.6 Å². The van der Waals surface area contributed by atoms with Gasteiger partial charge in [0, 0.05) is 6.54 Å². The van der Waals surface area contributed by atoms with Crippen molar-refractivity contribution in [3.8, 4) is 6.07 Å². The van der Waals surface area contributed by atoms with E-state index in [2.05, 4.69) is 16.7 Å². The highest BCUT2D eigenvalue weighted by atomic mass is 19.1. The molecule has 0 fully saturated rings. The summed E-state index contributed by atoms with van der Waals surface area (Å²) in [6, 6.07) is 15.2. The lowest BCUT2D eigenvalue weighted by atomic mass is 10.1. The van der Waals surface area contributed by atoms with E-state index in [9.17, 15) is 9.18 Å². The van der Waals surface area contributed by atoms with E-state index < -0.39 is 5.82 Å². The Labute approximate surface area is 122 Å². The van der Waals surface area contributed by atoms with E-state index >= 15 is 0 Å². The molecule has 4 nitrogen and oxygen atoms in total. The highest BCUT2D eigenvalue weighted by Crippen LogP contribution is 2.11. The molecule has 2 N–H and O–H groups in total. The molecule has 0 heterocycles. The molecule has 0 radical (unpaired) electrons. The quantitative estimate of drug-likeness (QED) is 0.885. The SMILES string of the molecule is N#Cc1cccc(CNCC(=O)Nc2ccccc2F)c1. The van der Waals surface area contributed by atoms with Crippen LogP contribution in [0.2, 0.25) is 0 Å². The van der Waals surface area contributed by atoms with Crippen LogP contribution in [0, 0.1) is 17.1 Å². The maximum atomic E-state index is 13.4. The third-order valence-electron chi connectivity index (χ3n) is 2.82. The van der Waals surface area contributed by atoms with E-state index in [-0.39, 0.29) is 18.1 Å². The molecule has 0 aromatic heterocycles. The predicted octanol–water partition coefficient (Wildman–Crippen LogP) is 2.43. The van der Waals surface area contributed by atoms with Crippen LogP contribution in [0.1, 0.15) is 11.1 Å². The van der Waals surface area contributed by atoms with Gasteiger partial charge in [0.1, 0.15) is 5.82 Å². The first-order chi connectivity index (χ1) is 10.2. The summed E-state index contributed by atoms with van der Waals surface area (Å²) >= 11 is 0. The second-order valence-corrected chi connectivity index (χ2v) is 4.44. The summed E-state index contributed by atoms with van der Waals surface area (Å²) in [6.45, 7) is 0.519. The van der Waals surface area contributed by atoms with Crippen LogP contribution in [0.4, 0.5) is 10.1 Å². The normalized spacial score (nSPS) is 9.90.